The van der Waals surface area contributed by atoms with Crippen LogP contribution in [0.25, 0.3) is 0 Å². The summed E-state index contributed by atoms with van der Waals surface area (Å²) in [6.45, 7) is 4.30. The molecular weight excluding hydrogens is 151 g/mol. The molecule has 0 atom stereocenters. The number of hydrogen-bond donors (Lipinski definition) is 1. The van der Waals surface area contributed by atoms with E-state index in [-0.39, 0.29) is 29.6 Å². The standard InChI is InChI=1S/C4H10O3S.Na/c1-4(2,3)8(5,6)7;/h1-3H3,(H,5,6,7);/q;+1. The first-order chi connectivity index (χ1) is 3.25. The maximum absolute atomic E-state index is 10.2. The maximum atomic E-state index is 10.2. The van der Waals surface area contributed by atoms with Gasteiger partial charge in [-0.2, -0.15) is 8.42 Å². The van der Waals surface area contributed by atoms with E-state index in [2.05, 4.69) is 0 Å². The van der Waals surface area contributed by atoms with Crippen LogP contribution in [-0.2, 0) is 10.1 Å². The van der Waals surface area contributed by atoms with Crippen molar-refractivity contribution in [1.82, 2.24) is 0 Å². The predicted molar refractivity (Wildman–Crippen MR) is 31.3 cm³/mol. The molecule has 1 N–H and O–H groups in total. The molecule has 0 aromatic heterocycles. The summed E-state index contributed by atoms with van der Waals surface area (Å²) in [5, 5.41) is 0. The summed E-state index contributed by atoms with van der Waals surface area (Å²) >= 11 is 0. The molecule has 0 saturated carbocycles. The second kappa shape index (κ2) is 3.34. The van der Waals surface area contributed by atoms with Crippen LogP contribution in [0.15, 0.2) is 0 Å². The van der Waals surface area contributed by atoms with Crippen molar-refractivity contribution < 1.29 is 42.5 Å². The van der Waals surface area contributed by atoms with E-state index < -0.39 is 14.9 Å². The molecule has 3 nitrogen and oxygen atoms in total. The van der Waals surface area contributed by atoms with Crippen molar-refractivity contribution in [3.63, 3.8) is 0 Å². The first-order valence-electron chi connectivity index (χ1n) is 2.22. The van der Waals surface area contributed by atoms with Crippen LogP contribution in [0.3, 0.4) is 0 Å². The van der Waals surface area contributed by atoms with Gasteiger partial charge >= 0.3 is 29.6 Å². The van der Waals surface area contributed by atoms with Crippen LogP contribution in [0, 0.1) is 0 Å². The first-order valence-corrected chi connectivity index (χ1v) is 3.66. The van der Waals surface area contributed by atoms with Gasteiger partial charge in [0.05, 0.1) is 4.75 Å². The normalized spacial score (nSPS) is 12.4. The third-order valence-electron chi connectivity index (χ3n) is 0.774. The minimum absolute atomic E-state index is 0. The summed E-state index contributed by atoms with van der Waals surface area (Å²) in [4.78, 5) is 0. The second-order valence-electron chi connectivity index (χ2n) is 2.59. The predicted octanol–water partition coefficient (Wildman–Crippen LogP) is -2.32. The Hall–Kier alpha value is 0.910. The van der Waals surface area contributed by atoms with Crippen molar-refractivity contribution >= 4 is 10.1 Å². The van der Waals surface area contributed by atoms with Crippen molar-refractivity contribution in [1.29, 1.82) is 0 Å². The molecule has 0 rings (SSSR count). The smallest absolute Gasteiger partial charge is 0.285 e. The molecule has 0 fully saturated rings. The van der Waals surface area contributed by atoms with Gasteiger partial charge in [-0.25, -0.2) is 0 Å². The zero-order chi connectivity index (χ0) is 7.00. The largest absolute Gasteiger partial charge is 1.00 e. The quantitative estimate of drug-likeness (QED) is 0.320. The fraction of sp³-hybridized carbons (Fsp3) is 1.00. The molecule has 50 valence electrons. The van der Waals surface area contributed by atoms with E-state index in [1.165, 1.54) is 20.8 Å². The summed E-state index contributed by atoms with van der Waals surface area (Å²) in [6, 6.07) is 0. The maximum Gasteiger partial charge on any atom is 1.00 e. The molecule has 0 saturated heterocycles. The van der Waals surface area contributed by atoms with Crippen LogP contribution >= 0.6 is 0 Å². The Bertz CT molecular complexity index is 165. The Kier molecular flexibility index (Phi) is 4.67. The van der Waals surface area contributed by atoms with Crippen molar-refractivity contribution in [3.8, 4) is 0 Å². The van der Waals surface area contributed by atoms with Crippen LogP contribution in [0.1, 0.15) is 20.8 Å². The molecule has 0 unspecified atom stereocenters. The molecule has 0 aromatic carbocycles. The van der Waals surface area contributed by atoms with Gasteiger partial charge in [0.2, 0.25) is 0 Å². The Balaban J connectivity index is 0. The van der Waals surface area contributed by atoms with E-state index >= 15 is 0 Å². The SMILES string of the molecule is CC(C)(C)S(=O)(=O)O.[Na+]. The molecule has 0 aromatic rings. The van der Waals surface area contributed by atoms with Crippen LogP contribution in [0.2, 0.25) is 0 Å². The second-order valence-corrected chi connectivity index (χ2v) is 4.76. The van der Waals surface area contributed by atoms with Gasteiger partial charge in [-0.15, -0.1) is 0 Å². The summed E-state index contributed by atoms with van der Waals surface area (Å²) in [5.41, 5.74) is 0. The topological polar surface area (TPSA) is 54.4 Å². The van der Waals surface area contributed by atoms with E-state index in [1.54, 1.807) is 0 Å². The minimum Gasteiger partial charge on any atom is -0.285 e. The van der Waals surface area contributed by atoms with E-state index in [1.807, 2.05) is 0 Å². The average molecular weight is 161 g/mol. The molecule has 5 heteroatoms. The van der Waals surface area contributed by atoms with Crippen molar-refractivity contribution in [2.45, 2.75) is 25.5 Å². The Morgan fingerprint density at radius 3 is 1.33 bits per heavy atom. The van der Waals surface area contributed by atoms with Gasteiger partial charge in [0.25, 0.3) is 10.1 Å². The average Bonchev–Trinajstić information content (AvgIpc) is 1.25. The molecule has 0 bridgehead atoms. The van der Waals surface area contributed by atoms with E-state index in [4.69, 9.17) is 4.55 Å². The summed E-state index contributed by atoms with van der Waals surface area (Å²) in [5.74, 6) is 0. The van der Waals surface area contributed by atoms with Gasteiger partial charge in [-0.05, 0) is 20.8 Å². The molecule has 0 radical (unpaired) electrons. The van der Waals surface area contributed by atoms with Crippen molar-refractivity contribution in [2.75, 3.05) is 0 Å². The van der Waals surface area contributed by atoms with Crippen molar-refractivity contribution in [2.24, 2.45) is 0 Å². The third-order valence-corrected chi connectivity index (χ3v) is 2.32. The molecule has 0 spiro atoms. The zero-order valence-electron chi connectivity index (χ0n) is 6.17. The van der Waals surface area contributed by atoms with Crippen LogP contribution in [0.5, 0.6) is 0 Å². The van der Waals surface area contributed by atoms with Crippen LogP contribution in [-0.4, -0.2) is 17.7 Å². The Morgan fingerprint density at radius 2 is 1.33 bits per heavy atom. The third kappa shape index (κ3) is 4.33. The van der Waals surface area contributed by atoms with Gasteiger partial charge in [0.1, 0.15) is 0 Å². The first kappa shape index (κ1) is 12.6. The van der Waals surface area contributed by atoms with Crippen LogP contribution in [0.4, 0.5) is 0 Å². The minimum atomic E-state index is -3.84. The van der Waals surface area contributed by atoms with Crippen molar-refractivity contribution in [3.05, 3.63) is 0 Å². The van der Waals surface area contributed by atoms with E-state index in [0.29, 0.717) is 0 Å². The van der Waals surface area contributed by atoms with Gasteiger partial charge < -0.3 is 0 Å². The zero-order valence-corrected chi connectivity index (χ0v) is 8.99. The summed E-state index contributed by atoms with van der Waals surface area (Å²) in [6.07, 6.45) is 0. The fourth-order valence-corrected chi connectivity index (χ4v) is 0. The Morgan fingerprint density at radius 1 is 1.22 bits per heavy atom. The van der Waals surface area contributed by atoms with E-state index in [0.717, 1.165) is 0 Å². The Labute approximate surface area is 77.9 Å². The van der Waals surface area contributed by atoms with E-state index in [9.17, 15) is 8.42 Å². The van der Waals surface area contributed by atoms with Gasteiger partial charge in [0.15, 0.2) is 0 Å². The molecule has 0 aliphatic heterocycles. The number of rotatable bonds is 0. The number of hydrogen-bond acceptors (Lipinski definition) is 2. The molecule has 0 aliphatic carbocycles. The molecule has 0 amide bonds. The molecule has 9 heavy (non-hydrogen) atoms. The molecule has 0 heterocycles. The van der Waals surface area contributed by atoms with Gasteiger partial charge in [0, 0.05) is 0 Å². The van der Waals surface area contributed by atoms with Gasteiger partial charge in [-0.1, -0.05) is 0 Å². The fourth-order valence-electron chi connectivity index (χ4n) is 0. The molecule has 0 aliphatic rings. The monoisotopic (exact) mass is 161 g/mol. The molecular formula is C4H10NaO3S+. The summed E-state index contributed by atoms with van der Waals surface area (Å²) < 4.78 is 27.7. The summed E-state index contributed by atoms with van der Waals surface area (Å²) in [7, 11) is -3.84. The van der Waals surface area contributed by atoms with Gasteiger partial charge in [-0.3, -0.25) is 4.55 Å². The van der Waals surface area contributed by atoms with Crippen LogP contribution < -0.4 is 29.6 Å².